The minimum absolute atomic E-state index is 0.145. The lowest BCUT2D eigenvalue weighted by atomic mass is 10.1. The molecule has 1 aromatic heterocycles. The van der Waals surface area contributed by atoms with Crippen LogP contribution in [0, 0.1) is 18.3 Å². The van der Waals surface area contributed by atoms with Gasteiger partial charge in [-0.15, -0.1) is 10.2 Å². The second-order valence-corrected chi connectivity index (χ2v) is 7.71. The van der Waals surface area contributed by atoms with Gasteiger partial charge in [-0.1, -0.05) is 53.4 Å². The molecule has 124 valence electrons. The fraction of sp³-hybridized carbons (Fsp3) is 0.111. The number of amides is 1. The molecule has 1 heterocycles. The number of anilines is 1. The average molecular weight is 366 g/mol. The van der Waals surface area contributed by atoms with Crippen LogP contribution in [0.4, 0.5) is 5.69 Å². The first-order valence-corrected chi connectivity index (χ1v) is 9.18. The summed E-state index contributed by atoms with van der Waals surface area (Å²) < 4.78 is 0.751. The van der Waals surface area contributed by atoms with E-state index in [0.717, 1.165) is 14.9 Å². The van der Waals surface area contributed by atoms with Crippen LogP contribution in [0.2, 0.25) is 0 Å². The first kappa shape index (κ1) is 17.1. The smallest absolute Gasteiger partial charge is 0.242 e. The molecule has 3 rings (SSSR count). The molecule has 0 aliphatic heterocycles. The Kier molecular flexibility index (Phi) is 5.43. The van der Waals surface area contributed by atoms with E-state index in [0.29, 0.717) is 11.3 Å². The van der Waals surface area contributed by atoms with E-state index in [4.69, 9.17) is 5.26 Å². The standard InChI is InChI=1S/C18H14N4OS2/c1-12-21-22-18(24-12)25-16(14-5-3-2-4-6-14)17(23)20-15-9-7-13(11-19)8-10-15/h2-10,16H,1H3,(H,20,23). The molecule has 2 aromatic carbocycles. The molecule has 0 spiro atoms. The maximum Gasteiger partial charge on any atom is 0.242 e. The Balaban J connectivity index is 1.82. The largest absolute Gasteiger partial charge is 0.325 e. The van der Waals surface area contributed by atoms with E-state index >= 15 is 0 Å². The van der Waals surface area contributed by atoms with Gasteiger partial charge in [-0.3, -0.25) is 4.79 Å². The predicted molar refractivity (Wildman–Crippen MR) is 99.5 cm³/mol. The quantitative estimate of drug-likeness (QED) is 0.685. The maximum absolute atomic E-state index is 12.8. The van der Waals surface area contributed by atoms with Crippen molar-refractivity contribution in [3.8, 4) is 6.07 Å². The van der Waals surface area contributed by atoms with Gasteiger partial charge >= 0.3 is 0 Å². The first-order valence-electron chi connectivity index (χ1n) is 7.48. The molecule has 0 saturated carbocycles. The van der Waals surface area contributed by atoms with Crippen molar-refractivity contribution in [1.29, 1.82) is 5.26 Å². The Hall–Kier alpha value is -2.69. The van der Waals surface area contributed by atoms with Gasteiger partial charge in [0.05, 0.1) is 11.6 Å². The number of hydrogen-bond donors (Lipinski definition) is 1. The van der Waals surface area contributed by atoms with Crippen molar-refractivity contribution in [2.24, 2.45) is 0 Å². The van der Waals surface area contributed by atoms with Gasteiger partial charge < -0.3 is 5.32 Å². The highest BCUT2D eigenvalue weighted by Crippen LogP contribution is 2.37. The van der Waals surface area contributed by atoms with Crippen molar-refractivity contribution >= 4 is 34.7 Å². The number of nitriles is 1. The van der Waals surface area contributed by atoms with Crippen LogP contribution in [0.3, 0.4) is 0 Å². The van der Waals surface area contributed by atoms with Crippen molar-refractivity contribution in [2.75, 3.05) is 5.32 Å². The molecule has 25 heavy (non-hydrogen) atoms. The van der Waals surface area contributed by atoms with Crippen LogP contribution >= 0.6 is 23.1 Å². The normalized spacial score (nSPS) is 11.5. The number of carbonyl (C=O) groups excluding carboxylic acids is 1. The Morgan fingerprint density at radius 1 is 1.16 bits per heavy atom. The highest BCUT2D eigenvalue weighted by atomic mass is 32.2. The van der Waals surface area contributed by atoms with E-state index in [9.17, 15) is 4.79 Å². The summed E-state index contributed by atoms with van der Waals surface area (Å²) in [6, 6.07) is 18.4. The Bertz CT molecular complexity index is 901. The van der Waals surface area contributed by atoms with E-state index in [1.807, 2.05) is 37.3 Å². The van der Waals surface area contributed by atoms with Gasteiger partial charge in [0.1, 0.15) is 10.3 Å². The number of aryl methyl sites for hydroxylation is 1. The third kappa shape index (κ3) is 4.44. The molecule has 0 aliphatic rings. The zero-order chi connectivity index (χ0) is 17.6. The second-order valence-electron chi connectivity index (χ2n) is 5.17. The molecule has 3 aromatic rings. The summed E-state index contributed by atoms with van der Waals surface area (Å²) in [5, 5.41) is 20.3. The molecule has 0 fully saturated rings. The molecule has 0 radical (unpaired) electrons. The van der Waals surface area contributed by atoms with Gasteiger partial charge in [0.25, 0.3) is 0 Å². The topological polar surface area (TPSA) is 78.7 Å². The van der Waals surface area contributed by atoms with Crippen LogP contribution in [-0.2, 0) is 4.79 Å². The van der Waals surface area contributed by atoms with E-state index in [2.05, 4.69) is 21.6 Å². The number of thioether (sulfide) groups is 1. The summed E-state index contributed by atoms with van der Waals surface area (Å²) in [5.41, 5.74) is 2.10. The monoisotopic (exact) mass is 366 g/mol. The summed E-state index contributed by atoms with van der Waals surface area (Å²) >= 11 is 2.84. The highest BCUT2D eigenvalue weighted by Gasteiger charge is 2.23. The third-order valence-electron chi connectivity index (χ3n) is 3.35. The number of carbonyl (C=O) groups is 1. The molecule has 0 bridgehead atoms. The fourth-order valence-electron chi connectivity index (χ4n) is 2.16. The van der Waals surface area contributed by atoms with Crippen molar-refractivity contribution in [3.63, 3.8) is 0 Å². The SMILES string of the molecule is Cc1nnc(SC(C(=O)Nc2ccc(C#N)cc2)c2ccccc2)s1. The lowest BCUT2D eigenvalue weighted by molar-refractivity contribution is -0.115. The summed E-state index contributed by atoms with van der Waals surface area (Å²) in [6.07, 6.45) is 0. The highest BCUT2D eigenvalue weighted by molar-refractivity contribution is 8.01. The number of hydrogen-bond acceptors (Lipinski definition) is 6. The predicted octanol–water partition coefficient (Wildman–Crippen LogP) is 4.19. The average Bonchev–Trinajstić information content (AvgIpc) is 3.06. The second kappa shape index (κ2) is 7.92. The number of aromatic nitrogens is 2. The Morgan fingerprint density at radius 3 is 2.48 bits per heavy atom. The zero-order valence-corrected chi connectivity index (χ0v) is 15.0. The molecule has 1 unspecified atom stereocenters. The van der Waals surface area contributed by atoms with Crippen LogP contribution in [-0.4, -0.2) is 16.1 Å². The molecule has 1 atom stereocenters. The van der Waals surface area contributed by atoms with E-state index in [1.165, 1.54) is 23.1 Å². The van der Waals surface area contributed by atoms with Crippen molar-refractivity contribution in [3.05, 3.63) is 70.7 Å². The van der Waals surface area contributed by atoms with Crippen LogP contribution in [0.15, 0.2) is 58.9 Å². The first-order chi connectivity index (χ1) is 12.2. The van der Waals surface area contributed by atoms with Gasteiger partial charge in [0, 0.05) is 5.69 Å². The lowest BCUT2D eigenvalue weighted by Gasteiger charge is -2.15. The van der Waals surface area contributed by atoms with E-state index in [-0.39, 0.29) is 5.91 Å². The van der Waals surface area contributed by atoms with Gasteiger partial charge in [0.2, 0.25) is 5.91 Å². The van der Waals surface area contributed by atoms with Crippen molar-refractivity contribution in [2.45, 2.75) is 16.5 Å². The minimum Gasteiger partial charge on any atom is -0.325 e. The summed E-state index contributed by atoms with van der Waals surface area (Å²) in [5.74, 6) is -0.145. The third-order valence-corrected chi connectivity index (χ3v) is 5.53. The molecular formula is C18H14N4OS2. The van der Waals surface area contributed by atoms with Gasteiger partial charge in [0.15, 0.2) is 4.34 Å². The Morgan fingerprint density at radius 2 is 1.88 bits per heavy atom. The van der Waals surface area contributed by atoms with Crippen LogP contribution < -0.4 is 5.32 Å². The molecular weight excluding hydrogens is 352 g/mol. The molecule has 5 nitrogen and oxygen atoms in total. The van der Waals surface area contributed by atoms with E-state index in [1.54, 1.807) is 24.3 Å². The molecule has 1 N–H and O–H groups in total. The van der Waals surface area contributed by atoms with Crippen LogP contribution in [0.1, 0.15) is 21.4 Å². The number of benzene rings is 2. The van der Waals surface area contributed by atoms with Crippen LogP contribution in [0.25, 0.3) is 0 Å². The summed E-state index contributed by atoms with van der Waals surface area (Å²) in [7, 11) is 0. The van der Waals surface area contributed by atoms with Crippen molar-refractivity contribution < 1.29 is 4.79 Å². The maximum atomic E-state index is 12.8. The number of nitrogens with zero attached hydrogens (tertiary/aromatic N) is 3. The summed E-state index contributed by atoms with van der Waals surface area (Å²) in [6.45, 7) is 1.88. The number of nitrogens with one attached hydrogen (secondary N) is 1. The van der Waals surface area contributed by atoms with Gasteiger partial charge in [-0.2, -0.15) is 5.26 Å². The molecule has 0 saturated heterocycles. The molecule has 0 aliphatic carbocycles. The van der Waals surface area contributed by atoms with Crippen molar-refractivity contribution in [1.82, 2.24) is 10.2 Å². The minimum atomic E-state index is -0.441. The van der Waals surface area contributed by atoms with E-state index < -0.39 is 5.25 Å². The molecule has 7 heteroatoms. The zero-order valence-electron chi connectivity index (χ0n) is 13.3. The van der Waals surface area contributed by atoms with Gasteiger partial charge in [-0.25, -0.2) is 0 Å². The number of rotatable bonds is 5. The molecule has 1 amide bonds. The van der Waals surface area contributed by atoms with Crippen LogP contribution in [0.5, 0.6) is 0 Å². The van der Waals surface area contributed by atoms with Gasteiger partial charge in [-0.05, 0) is 36.8 Å². The summed E-state index contributed by atoms with van der Waals surface area (Å²) in [4.78, 5) is 12.8. The fourth-order valence-corrected chi connectivity index (χ4v) is 4.17. The Labute approximate surface area is 153 Å². The lowest BCUT2D eigenvalue weighted by Crippen LogP contribution is -2.19.